The average molecular weight is 493 g/mol. The van der Waals surface area contributed by atoms with Crippen LogP contribution < -0.4 is 0 Å². The summed E-state index contributed by atoms with van der Waals surface area (Å²) in [5.41, 5.74) is 2.50. The van der Waals surface area contributed by atoms with Crippen molar-refractivity contribution in [2.24, 2.45) is 29.6 Å². The monoisotopic (exact) mass is 492 g/mol. The first kappa shape index (κ1) is 22.1. The SMILES string of the molecule is O=C(C1CCC2(CC1)OOC1(O2)C2CC3CC(C2)CC1C3)N1CC(=O)N2CCc3ccccc3C2C1. The molecular formula is C29H36N2O5. The second kappa shape index (κ2) is 7.78. The number of piperazine rings is 1. The lowest BCUT2D eigenvalue weighted by atomic mass is 9.53. The maximum absolute atomic E-state index is 13.6. The largest absolute Gasteiger partial charge is 0.332 e. The van der Waals surface area contributed by atoms with Gasteiger partial charge in [-0.2, -0.15) is 9.78 Å². The van der Waals surface area contributed by atoms with Gasteiger partial charge in [-0.1, -0.05) is 24.3 Å². The van der Waals surface area contributed by atoms with Crippen molar-refractivity contribution in [2.75, 3.05) is 19.6 Å². The van der Waals surface area contributed by atoms with E-state index in [1.54, 1.807) is 0 Å². The molecule has 8 aliphatic rings. The fraction of sp³-hybridized carbons (Fsp3) is 0.724. The number of hydrogen-bond acceptors (Lipinski definition) is 5. The maximum Gasteiger partial charge on any atom is 0.242 e. The lowest BCUT2D eigenvalue weighted by Gasteiger charge is -2.57. The van der Waals surface area contributed by atoms with E-state index in [2.05, 4.69) is 18.2 Å². The van der Waals surface area contributed by atoms with Crippen LogP contribution in [0.15, 0.2) is 24.3 Å². The minimum atomic E-state index is -0.705. The smallest absolute Gasteiger partial charge is 0.242 e. The van der Waals surface area contributed by atoms with Crippen LogP contribution >= 0.6 is 0 Å². The Morgan fingerprint density at radius 2 is 1.67 bits per heavy atom. The van der Waals surface area contributed by atoms with E-state index in [-0.39, 0.29) is 30.3 Å². The molecule has 7 heteroatoms. The molecular weight excluding hydrogens is 456 g/mol. The third kappa shape index (κ3) is 3.15. The summed E-state index contributed by atoms with van der Waals surface area (Å²) in [6.45, 7) is 1.53. The molecule has 1 aromatic rings. The minimum Gasteiger partial charge on any atom is -0.332 e. The number of fused-ring (bicyclic) bond motifs is 3. The molecule has 1 atom stereocenters. The maximum atomic E-state index is 13.6. The number of carbonyl (C=O) groups excluding carboxylic acids is 2. The van der Waals surface area contributed by atoms with Crippen molar-refractivity contribution in [3.05, 3.63) is 35.4 Å². The van der Waals surface area contributed by atoms with Gasteiger partial charge in [-0.3, -0.25) is 9.59 Å². The summed E-state index contributed by atoms with van der Waals surface area (Å²) >= 11 is 0. The summed E-state index contributed by atoms with van der Waals surface area (Å²) in [5.74, 6) is 1.43. The second-order valence-electron chi connectivity index (χ2n) is 12.8. The van der Waals surface area contributed by atoms with Crippen LogP contribution in [0.5, 0.6) is 0 Å². The molecule has 192 valence electrons. The van der Waals surface area contributed by atoms with Crippen molar-refractivity contribution in [3.63, 3.8) is 0 Å². The molecule has 7 nitrogen and oxygen atoms in total. The summed E-state index contributed by atoms with van der Waals surface area (Å²) in [5, 5.41) is 0. The number of benzene rings is 1. The van der Waals surface area contributed by atoms with E-state index in [1.165, 1.54) is 43.2 Å². The zero-order chi connectivity index (χ0) is 24.1. The zero-order valence-corrected chi connectivity index (χ0v) is 20.9. The van der Waals surface area contributed by atoms with E-state index < -0.39 is 11.6 Å². The zero-order valence-electron chi connectivity index (χ0n) is 20.9. The molecule has 36 heavy (non-hydrogen) atoms. The first-order valence-electron chi connectivity index (χ1n) is 14.2. The van der Waals surface area contributed by atoms with E-state index >= 15 is 0 Å². The molecule has 3 aliphatic heterocycles. The molecule has 1 unspecified atom stereocenters. The molecule has 4 bridgehead atoms. The predicted molar refractivity (Wildman–Crippen MR) is 129 cm³/mol. The summed E-state index contributed by atoms with van der Waals surface area (Å²) < 4.78 is 6.82. The molecule has 0 aromatic heterocycles. The van der Waals surface area contributed by atoms with Gasteiger partial charge in [0.1, 0.15) is 0 Å². The van der Waals surface area contributed by atoms with Gasteiger partial charge in [-0.25, -0.2) is 0 Å². The number of carbonyl (C=O) groups is 2. The van der Waals surface area contributed by atoms with Gasteiger partial charge in [0.2, 0.25) is 23.4 Å². The molecule has 3 heterocycles. The summed E-state index contributed by atoms with van der Waals surface area (Å²) in [7, 11) is 0. The van der Waals surface area contributed by atoms with Gasteiger partial charge in [-0.05, 0) is 74.3 Å². The van der Waals surface area contributed by atoms with Crippen molar-refractivity contribution in [2.45, 2.75) is 81.8 Å². The lowest BCUT2D eigenvalue weighted by molar-refractivity contribution is -0.390. The number of rotatable bonds is 1. The molecule has 2 spiro atoms. The molecule has 0 radical (unpaired) electrons. The van der Waals surface area contributed by atoms with Crippen LogP contribution in [-0.2, 0) is 30.5 Å². The van der Waals surface area contributed by atoms with E-state index in [0.29, 0.717) is 44.1 Å². The van der Waals surface area contributed by atoms with Crippen molar-refractivity contribution in [1.29, 1.82) is 0 Å². The fourth-order valence-electron chi connectivity index (χ4n) is 9.20. The second-order valence-corrected chi connectivity index (χ2v) is 12.8. The summed E-state index contributed by atoms with van der Waals surface area (Å²) in [6.07, 6.45) is 9.90. The van der Waals surface area contributed by atoms with Crippen LogP contribution in [-0.4, -0.2) is 52.8 Å². The third-order valence-corrected chi connectivity index (χ3v) is 10.8. The summed E-state index contributed by atoms with van der Waals surface area (Å²) in [4.78, 5) is 42.6. The van der Waals surface area contributed by atoms with Crippen molar-refractivity contribution >= 4 is 11.8 Å². The van der Waals surface area contributed by atoms with Crippen LogP contribution in [0, 0.1) is 29.6 Å². The fourth-order valence-corrected chi connectivity index (χ4v) is 9.20. The predicted octanol–water partition coefficient (Wildman–Crippen LogP) is 3.97. The average Bonchev–Trinajstić information content (AvgIpc) is 3.26. The highest BCUT2D eigenvalue weighted by molar-refractivity contribution is 5.87. The van der Waals surface area contributed by atoms with Gasteiger partial charge in [-0.15, -0.1) is 0 Å². The number of hydrogen-bond donors (Lipinski definition) is 0. The lowest BCUT2D eigenvalue weighted by Crippen LogP contribution is -2.59. The Hall–Kier alpha value is -1.96. The Balaban J connectivity index is 0.949. The van der Waals surface area contributed by atoms with Crippen molar-refractivity contribution in [1.82, 2.24) is 9.80 Å². The minimum absolute atomic E-state index is 0.0261. The molecule has 9 rings (SSSR count). The van der Waals surface area contributed by atoms with E-state index in [4.69, 9.17) is 14.5 Å². The van der Waals surface area contributed by atoms with Crippen LogP contribution in [0.2, 0.25) is 0 Å². The topological polar surface area (TPSA) is 68.3 Å². The molecule has 7 fully saturated rings. The van der Waals surface area contributed by atoms with Crippen LogP contribution in [0.4, 0.5) is 0 Å². The Bertz CT molecular complexity index is 1070. The normalized spacial score (nSPS) is 44.8. The number of amides is 2. The molecule has 0 N–H and O–H groups in total. The van der Waals surface area contributed by atoms with Gasteiger partial charge in [0.25, 0.3) is 0 Å². The van der Waals surface area contributed by atoms with Crippen LogP contribution in [0.1, 0.15) is 75.0 Å². The molecule has 5 saturated carbocycles. The van der Waals surface area contributed by atoms with Gasteiger partial charge >= 0.3 is 0 Å². The number of ether oxygens (including phenoxy) is 1. The molecule has 2 saturated heterocycles. The molecule has 1 aromatic carbocycles. The molecule has 5 aliphatic carbocycles. The van der Waals surface area contributed by atoms with Crippen LogP contribution in [0.25, 0.3) is 0 Å². The van der Waals surface area contributed by atoms with Gasteiger partial charge in [0.15, 0.2) is 0 Å². The quantitative estimate of drug-likeness (QED) is 0.555. The molecule has 2 amide bonds. The van der Waals surface area contributed by atoms with Crippen molar-refractivity contribution < 1.29 is 24.1 Å². The highest BCUT2D eigenvalue weighted by atomic mass is 17.3. The van der Waals surface area contributed by atoms with Gasteiger partial charge in [0.05, 0.1) is 12.6 Å². The standard InChI is InChI=1S/C29H36N2O5/c32-26-17-30(16-25-24-4-2-1-3-20(24)7-10-31(25)26)27(33)21-5-8-28(9-6-21)34-29(36-35-28)22-12-18-11-19(14-22)15-23(29)13-18/h1-4,18-19,21-23,25H,5-17H2. The van der Waals surface area contributed by atoms with E-state index in [9.17, 15) is 9.59 Å². The Labute approximate surface area is 212 Å². The third-order valence-electron chi connectivity index (χ3n) is 10.8. The first-order valence-corrected chi connectivity index (χ1v) is 14.2. The highest BCUT2D eigenvalue weighted by Gasteiger charge is 2.67. The summed E-state index contributed by atoms with van der Waals surface area (Å²) in [6, 6.07) is 8.34. The highest BCUT2D eigenvalue weighted by Crippen LogP contribution is 2.63. The van der Waals surface area contributed by atoms with Crippen molar-refractivity contribution in [3.8, 4) is 0 Å². The Kier molecular flexibility index (Phi) is 4.77. The van der Waals surface area contributed by atoms with Gasteiger partial charge in [0, 0.05) is 43.7 Å². The Morgan fingerprint density at radius 1 is 0.944 bits per heavy atom. The Morgan fingerprint density at radius 3 is 2.42 bits per heavy atom. The first-order chi connectivity index (χ1) is 17.5. The van der Waals surface area contributed by atoms with Crippen LogP contribution in [0.3, 0.4) is 0 Å². The van der Waals surface area contributed by atoms with E-state index in [0.717, 1.165) is 24.8 Å². The van der Waals surface area contributed by atoms with Gasteiger partial charge < -0.3 is 14.5 Å². The number of nitrogens with zero attached hydrogens (tertiary/aromatic N) is 2. The van der Waals surface area contributed by atoms with E-state index in [1.807, 2.05) is 15.9 Å².